The molecule has 0 aliphatic heterocycles. The van der Waals surface area contributed by atoms with Crippen LogP contribution in [0.3, 0.4) is 0 Å². The molecule has 5 nitrogen and oxygen atoms in total. The van der Waals surface area contributed by atoms with Gasteiger partial charge in [-0.2, -0.15) is 5.10 Å². The minimum atomic E-state index is -0.259. The number of nitrogens with zero attached hydrogens (tertiary/aromatic N) is 1. The number of halogens is 1. The Morgan fingerprint density at radius 1 is 0.867 bits per heavy atom. The van der Waals surface area contributed by atoms with Crippen molar-refractivity contribution in [2.75, 3.05) is 6.61 Å². The van der Waals surface area contributed by atoms with Gasteiger partial charge >= 0.3 is 0 Å². The van der Waals surface area contributed by atoms with Crippen LogP contribution in [-0.2, 0) is 6.61 Å². The molecule has 154 valence electrons. The van der Waals surface area contributed by atoms with Crippen LogP contribution < -0.4 is 14.9 Å². The molecule has 0 spiro atoms. The lowest BCUT2D eigenvalue weighted by atomic mass is 10.1. The number of nitrogens with one attached hydrogen (secondary N) is 1. The van der Waals surface area contributed by atoms with Crippen LogP contribution in [0.5, 0.6) is 11.5 Å². The van der Waals surface area contributed by atoms with Gasteiger partial charge in [0.1, 0.15) is 18.1 Å². The fourth-order valence-electron chi connectivity index (χ4n) is 2.67. The zero-order chi connectivity index (χ0) is 21.3. The molecule has 0 saturated carbocycles. The summed E-state index contributed by atoms with van der Waals surface area (Å²) >= 11 is 3.40. The van der Waals surface area contributed by atoms with Gasteiger partial charge in [-0.3, -0.25) is 4.79 Å². The van der Waals surface area contributed by atoms with Crippen molar-refractivity contribution in [3.8, 4) is 11.5 Å². The lowest BCUT2D eigenvalue weighted by molar-refractivity contribution is 0.0955. The molecule has 0 heterocycles. The van der Waals surface area contributed by atoms with Crippen LogP contribution >= 0.6 is 15.9 Å². The normalized spacial score (nSPS) is 11.1. The van der Waals surface area contributed by atoms with E-state index in [-0.39, 0.29) is 5.91 Å². The monoisotopic (exact) mass is 466 g/mol. The number of hydrogen-bond acceptors (Lipinski definition) is 4. The summed E-state index contributed by atoms with van der Waals surface area (Å²) < 4.78 is 12.2. The summed E-state index contributed by atoms with van der Waals surface area (Å²) in [5.74, 6) is 1.32. The summed E-state index contributed by atoms with van der Waals surface area (Å²) in [6, 6.07) is 22.5. The largest absolute Gasteiger partial charge is 0.494 e. The molecule has 0 aliphatic rings. The zero-order valence-corrected chi connectivity index (χ0v) is 18.5. The van der Waals surface area contributed by atoms with Crippen molar-refractivity contribution in [2.45, 2.75) is 20.5 Å². The lowest BCUT2D eigenvalue weighted by Gasteiger charge is -2.08. The van der Waals surface area contributed by atoms with Gasteiger partial charge in [-0.25, -0.2) is 5.43 Å². The SMILES string of the molecule is CCOc1ccc(OCc2ccc(C(=O)NN=C(C)c3ccc(Br)cc3)cc2)cc1. The molecule has 1 amide bonds. The summed E-state index contributed by atoms with van der Waals surface area (Å²) in [5, 5.41) is 4.19. The molecule has 0 atom stereocenters. The molecule has 3 aromatic carbocycles. The first-order valence-electron chi connectivity index (χ1n) is 9.60. The van der Waals surface area contributed by atoms with Gasteiger partial charge in [0.25, 0.3) is 5.91 Å². The maximum atomic E-state index is 12.3. The van der Waals surface area contributed by atoms with Crippen molar-refractivity contribution in [3.05, 3.63) is 94.0 Å². The number of carbonyl (C=O) groups excluding carboxylic acids is 1. The summed E-state index contributed by atoms with van der Waals surface area (Å²) in [4.78, 5) is 12.3. The van der Waals surface area contributed by atoms with E-state index < -0.39 is 0 Å². The average molecular weight is 467 g/mol. The highest BCUT2D eigenvalue weighted by atomic mass is 79.9. The van der Waals surface area contributed by atoms with Crippen LogP contribution in [0.15, 0.2) is 82.4 Å². The van der Waals surface area contributed by atoms with E-state index in [1.165, 1.54) is 0 Å². The van der Waals surface area contributed by atoms with E-state index >= 15 is 0 Å². The van der Waals surface area contributed by atoms with Gasteiger partial charge in [-0.05, 0) is 73.5 Å². The Kier molecular flexibility index (Phi) is 7.63. The van der Waals surface area contributed by atoms with Gasteiger partial charge in [-0.1, -0.05) is 40.2 Å². The topological polar surface area (TPSA) is 59.9 Å². The number of amides is 1. The summed E-state index contributed by atoms with van der Waals surface area (Å²) in [6.45, 7) is 4.85. The standard InChI is InChI=1S/C24H23BrN2O3/c1-3-29-22-12-14-23(15-13-22)30-16-18-4-6-20(7-5-18)24(28)27-26-17(2)19-8-10-21(25)11-9-19/h4-15H,3,16H2,1-2H3,(H,27,28). The molecule has 0 bridgehead atoms. The third-order valence-electron chi connectivity index (χ3n) is 4.34. The molecule has 3 rings (SSSR count). The van der Waals surface area contributed by atoms with E-state index in [0.29, 0.717) is 18.8 Å². The molecule has 0 saturated heterocycles. The van der Waals surface area contributed by atoms with Crippen molar-refractivity contribution in [3.63, 3.8) is 0 Å². The second-order valence-corrected chi connectivity index (χ2v) is 7.45. The minimum Gasteiger partial charge on any atom is -0.494 e. The number of carbonyl (C=O) groups is 1. The number of benzene rings is 3. The first-order valence-corrected chi connectivity index (χ1v) is 10.4. The van der Waals surface area contributed by atoms with Crippen LogP contribution in [0, 0.1) is 0 Å². The maximum absolute atomic E-state index is 12.3. The van der Waals surface area contributed by atoms with Gasteiger partial charge in [0, 0.05) is 10.0 Å². The molecule has 0 unspecified atom stereocenters. The molecule has 0 radical (unpaired) electrons. The van der Waals surface area contributed by atoms with Gasteiger partial charge in [-0.15, -0.1) is 0 Å². The highest BCUT2D eigenvalue weighted by Gasteiger charge is 2.06. The Morgan fingerprint density at radius 2 is 1.43 bits per heavy atom. The minimum absolute atomic E-state index is 0.259. The summed E-state index contributed by atoms with van der Waals surface area (Å²) in [7, 11) is 0. The molecule has 0 aromatic heterocycles. The van der Waals surface area contributed by atoms with Crippen LogP contribution in [0.4, 0.5) is 0 Å². The van der Waals surface area contributed by atoms with Crippen LogP contribution in [0.25, 0.3) is 0 Å². The third kappa shape index (κ3) is 6.19. The number of hydrazone groups is 1. The molecule has 0 fully saturated rings. The summed E-state index contributed by atoms with van der Waals surface area (Å²) in [5.41, 5.74) is 5.78. The fourth-order valence-corrected chi connectivity index (χ4v) is 2.94. The second kappa shape index (κ2) is 10.6. The third-order valence-corrected chi connectivity index (χ3v) is 4.87. The van der Waals surface area contributed by atoms with Gasteiger partial charge in [0.05, 0.1) is 12.3 Å². The summed E-state index contributed by atoms with van der Waals surface area (Å²) in [6.07, 6.45) is 0. The van der Waals surface area contributed by atoms with E-state index in [4.69, 9.17) is 9.47 Å². The van der Waals surface area contributed by atoms with E-state index in [1.807, 2.05) is 74.5 Å². The molecule has 3 aromatic rings. The maximum Gasteiger partial charge on any atom is 0.271 e. The van der Waals surface area contributed by atoms with E-state index in [9.17, 15) is 4.79 Å². The van der Waals surface area contributed by atoms with Crippen molar-refractivity contribution in [1.29, 1.82) is 0 Å². The van der Waals surface area contributed by atoms with E-state index in [2.05, 4.69) is 26.5 Å². The predicted octanol–water partition coefficient (Wildman–Crippen LogP) is 5.58. The smallest absolute Gasteiger partial charge is 0.271 e. The second-order valence-electron chi connectivity index (χ2n) is 6.54. The first kappa shape index (κ1) is 21.6. The highest BCUT2D eigenvalue weighted by molar-refractivity contribution is 9.10. The quantitative estimate of drug-likeness (QED) is 0.348. The van der Waals surface area contributed by atoms with Crippen molar-refractivity contribution < 1.29 is 14.3 Å². The lowest BCUT2D eigenvalue weighted by Crippen LogP contribution is -2.19. The Bertz CT molecular complexity index is 998. The molecular weight excluding hydrogens is 444 g/mol. The number of rotatable bonds is 8. The Morgan fingerprint density at radius 3 is 2.03 bits per heavy atom. The van der Waals surface area contributed by atoms with Crippen LogP contribution in [0.2, 0.25) is 0 Å². The zero-order valence-electron chi connectivity index (χ0n) is 16.9. The molecular formula is C24H23BrN2O3. The highest BCUT2D eigenvalue weighted by Crippen LogP contribution is 2.19. The number of ether oxygens (including phenoxy) is 2. The Balaban J connectivity index is 1.53. The molecule has 6 heteroatoms. The molecule has 0 aliphatic carbocycles. The first-order chi connectivity index (χ1) is 14.5. The molecule has 30 heavy (non-hydrogen) atoms. The van der Waals surface area contributed by atoms with E-state index in [0.717, 1.165) is 32.8 Å². The van der Waals surface area contributed by atoms with Crippen molar-refractivity contribution >= 4 is 27.5 Å². The Labute approximate surface area is 184 Å². The van der Waals surface area contributed by atoms with Gasteiger partial charge in [0.15, 0.2) is 0 Å². The number of hydrogen-bond donors (Lipinski definition) is 1. The molecule has 1 N–H and O–H groups in total. The predicted molar refractivity (Wildman–Crippen MR) is 122 cm³/mol. The van der Waals surface area contributed by atoms with Gasteiger partial charge in [0.2, 0.25) is 0 Å². The van der Waals surface area contributed by atoms with E-state index in [1.54, 1.807) is 12.1 Å². The van der Waals surface area contributed by atoms with Gasteiger partial charge < -0.3 is 9.47 Å². The van der Waals surface area contributed by atoms with Crippen molar-refractivity contribution in [1.82, 2.24) is 5.43 Å². The fraction of sp³-hybridized carbons (Fsp3) is 0.167. The Hall–Kier alpha value is -3.12. The van der Waals surface area contributed by atoms with Crippen LogP contribution in [0.1, 0.15) is 35.3 Å². The van der Waals surface area contributed by atoms with Crippen molar-refractivity contribution in [2.24, 2.45) is 5.10 Å². The average Bonchev–Trinajstić information content (AvgIpc) is 2.78. The van der Waals surface area contributed by atoms with Crippen LogP contribution in [-0.4, -0.2) is 18.2 Å².